The molecule has 3 aromatic carbocycles. The summed E-state index contributed by atoms with van der Waals surface area (Å²) in [5.41, 5.74) is 0.969. The highest BCUT2D eigenvalue weighted by Gasteiger charge is 2.21. The van der Waals surface area contributed by atoms with E-state index in [9.17, 15) is 18.4 Å². The van der Waals surface area contributed by atoms with Crippen LogP contribution in [0.15, 0.2) is 66.7 Å². The minimum absolute atomic E-state index is 0.219. The lowest BCUT2D eigenvalue weighted by atomic mass is 10.1. The molecule has 0 heterocycles. The summed E-state index contributed by atoms with van der Waals surface area (Å²) < 4.78 is 37.9. The van der Waals surface area contributed by atoms with Gasteiger partial charge in [-0.15, -0.1) is 0 Å². The van der Waals surface area contributed by atoms with Crippen molar-refractivity contribution >= 4 is 11.8 Å². The zero-order valence-corrected chi connectivity index (χ0v) is 19.6. The van der Waals surface area contributed by atoms with Crippen LogP contribution >= 0.6 is 0 Å². The van der Waals surface area contributed by atoms with E-state index in [4.69, 9.17) is 9.47 Å². The third-order valence-corrected chi connectivity index (χ3v) is 5.29. The number of halogens is 2. The molecular formula is C27H28F2N2O4. The largest absolute Gasteiger partial charge is 0.493 e. The van der Waals surface area contributed by atoms with E-state index in [-0.39, 0.29) is 11.1 Å². The van der Waals surface area contributed by atoms with Crippen molar-refractivity contribution < 1.29 is 27.8 Å². The molecule has 0 radical (unpaired) electrons. The normalized spacial score (nSPS) is 10.7. The summed E-state index contributed by atoms with van der Waals surface area (Å²) in [5, 5.41) is 5.52. The van der Waals surface area contributed by atoms with Crippen LogP contribution in [0.1, 0.15) is 58.6 Å². The zero-order chi connectivity index (χ0) is 25.2. The topological polar surface area (TPSA) is 76.7 Å². The summed E-state index contributed by atoms with van der Waals surface area (Å²) in [6.45, 7) is 2.58. The summed E-state index contributed by atoms with van der Waals surface area (Å²) in [6, 6.07) is 15.2. The van der Waals surface area contributed by atoms with Gasteiger partial charge in [0.1, 0.15) is 17.8 Å². The van der Waals surface area contributed by atoms with Crippen LogP contribution < -0.4 is 20.1 Å². The number of unbranched alkanes of at least 4 members (excludes halogenated alkanes) is 2. The van der Waals surface area contributed by atoms with E-state index in [0.29, 0.717) is 23.7 Å². The first-order chi connectivity index (χ1) is 16.9. The molecule has 0 saturated carbocycles. The summed E-state index contributed by atoms with van der Waals surface area (Å²) in [6.07, 6.45) is 1.98. The fourth-order valence-corrected chi connectivity index (χ4v) is 3.35. The highest BCUT2D eigenvalue weighted by atomic mass is 19.1. The third-order valence-electron chi connectivity index (χ3n) is 5.29. The van der Waals surface area contributed by atoms with Gasteiger partial charge in [0.15, 0.2) is 11.5 Å². The number of benzene rings is 3. The van der Waals surface area contributed by atoms with Crippen LogP contribution in [0.4, 0.5) is 8.78 Å². The molecule has 0 saturated heterocycles. The fraction of sp³-hybridized carbons (Fsp3) is 0.259. The van der Waals surface area contributed by atoms with E-state index in [2.05, 4.69) is 17.6 Å². The van der Waals surface area contributed by atoms with Crippen molar-refractivity contribution in [3.63, 3.8) is 0 Å². The molecule has 6 nitrogen and oxygen atoms in total. The van der Waals surface area contributed by atoms with Crippen LogP contribution in [0.25, 0.3) is 0 Å². The summed E-state index contributed by atoms with van der Waals surface area (Å²) in [5.74, 6) is -0.992. The molecule has 0 spiro atoms. The first-order valence-electron chi connectivity index (χ1n) is 11.3. The Morgan fingerprint density at radius 1 is 0.800 bits per heavy atom. The molecule has 35 heavy (non-hydrogen) atoms. The second kappa shape index (κ2) is 12.5. The Bertz CT molecular complexity index is 1080. The van der Waals surface area contributed by atoms with Gasteiger partial charge in [-0.1, -0.05) is 25.8 Å². The second-order valence-corrected chi connectivity index (χ2v) is 7.86. The van der Waals surface area contributed by atoms with Gasteiger partial charge < -0.3 is 20.1 Å². The van der Waals surface area contributed by atoms with E-state index in [1.54, 1.807) is 18.2 Å². The molecule has 2 N–H and O–H groups in total. The number of methoxy groups -OCH3 is 1. The van der Waals surface area contributed by atoms with Crippen molar-refractivity contribution in [3.8, 4) is 11.5 Å². The van der Waals surface area contributed by atoms with Gasteiger partial charge in [0.25, 0.3) is 11.8 Å². The molecule has 0 aliphatic heterocycles. The number of carbonyl (C=O) groups is 2. The lowest BCUT2D eigenvalue weighted by Crippen LogP contribution is -2.41. The van der Waals surface area contributed by atoms with Gasteiger partial charge in [0.05, 0.1) is 13.7 Å². The van der Waals surface area contributed by atoms with Crippen LogP contribution in [-0.4, -0.2) is 25.5 Å². The predicted octanol–water partition coefficient (Wildman–Crippen LogP) is 5.40. The van der Waals surface area contributed by atoms with Crippen molar-refractivity contribution in [3.05, 3.63) is 95.1 Å². The molecule has 3 aromatic rings. The van der Waals surface area contributed by atoms with Crippen LogP contribution in [0, 0.1) is 11.6 Å². The Labute approximate surface area is 203 Å². The van der Waals surface area contributed by atoms with E-state index in [1.165, 1.54) is 55.6 Å². The number of carbonyl (C=O) groups excluding carboxylic acids is 2. The molecule has 0 aliphatic carbocycles. The quantitative estimate of drug-likeness (QED) is 0.283. The highest BCUT2D eigenvalue weighted by molar-refractivity contribution is 5.96. The molecule has 184 valence electrons. The summed E-state index contributed by atoms with van der Waals surface area (Å²) in [7, 11) is 1.53. The van der Waals surface area contributed by atoms with Crippen molar-refractivity contribution in [2.75, 3.05) is 13.7 Å². The van der Waals surface area contributed by atoms with Crippen LogP contribution in [-0.2, 0) is 0 Å². The Kier molecular flexibility index (Phi) is 9.17. The predicted molar refractivity (Wildman–Crippen MR) is 128 cm³/mol. The summed E-state index contributed by atoms with van der Waals surface area (Å²) >= 11 is 0. The maximum absolute atomic E-state index is 13.3. The van der Waals surface area contributed by atoms with Crippen molar-refractivity contribution in [2.24, 2.45) is 0 Å². The van der Waals surface area contributed by atoms with Crippen molar-refractivity contribution in [2.45, 2.75) is 32.4 Å². The average molecular weight is 483 g/mol. The first kappa shape index (κ1) is 25.7. The monoisotopic (exact) mass is 482 g/mol. The molecule has 2 amide bonds. The van der Waals surface area contributed by atoms with Gasteiger partial charge in [-0.2, -0.15) is 0 Å². The van der Waals surface area contributed by atoms with Crippen LogP contribution in [0.3, 0.4) is 0 Å². The zero-order valence-electron chi connectivity index (χ0n) is 19.6. The lowest BCUT2D eigenvalue weighted by Gasteiger charge is -2.22. The van der Waals surface area contributed by atoms with Crippen LogP contribution in [0.5, 0.6) is 11.5 Å². The molecule has 8 heteroatoms. The molecule has 0 fully saturated rings. The highest BCUT2D eigenvalue weighted by Crippen LogP contribution is 2.30. The Morgan fingerprint density at radius 3 is 1.83 bits per heavy atom. The van der Waals surface area contributed by atoms with Crippen molar-refractivity contribution in [1.29, 1.82) is 0 Å². The molecule has 0 unspecified atom stereocenters. The number of hydrogen-bond donors (Lipinski definition) is 2. The maximum atomic E-state index is 13.3. The number of amides is 2. The van der Waals surface area contributed by atoms with Crippen molar-refractivity contribution in [1.82, 2.24) is 10.6 Å². The van der Waals surface area contributed by atoms with Gasteiger partial charge in [0, 0.05) is 11.1 Å². The fourth-order valence-electron chi connectivity index (χ4n) is 3.35. The number of nitrogens with one attached hydrogen (secondary N) is 2. The Balaban J connectivity index is 1.88. The van der Waals surface area contributed by atoms with Gasteiger partial charge in [-0.25, -0.2) is 8.78 Å². The first-order valence-corrected chi connectivity index (χ1v) is 11.3. The Hall–Kier alpha value is -3.94. The van der Waals surface area contributed by atoms with Gasteiger partial charge >= 0.3 is 0 Å². The molecule has 0 bridgehead atoms. The number of ether oxygens (including phenoxy) is 2. The lowest BCUT2D eigenvalue weighted by molar-refractivity contribution is 0.0883. The Morgan fingerprint density at radius 2 is 1.34 bits per heavy atom. The molecular weight excluding hydrogens is 454 g/mol. The number of hydrogen-bond acceptors (Lipinski definition) is 4. The molecule has 3 rings (SSSR count). The molecule has 0 aromatic heterocycles. The van der Waals surface area contributed by atoms with E-state index >= 15 is 0 Å². The molecule has 0 aliphatic rings. The SMILES string of the molecule is CCCCCOc1cc(C(NC(=O)c2ccc(F)cc2)NC(=O)c2ccc(F)cc2)ccc1OC. The number of rotatable bonds is 11. The smallest absolute Gasteiger partial charge is 0.253 e. The third kappa shape index (κ3) is 7.27. The van der Waals surface area contributed by atoms with Crippen LogP contribution in [0.2, 0.25) is 0 Å². The minimum atomic E-state index is -0.964. The standard InChI is InChI=1S/C27H28F2N2O4/c1-3-4-5-16-35-24-17-20(10-15-23(24)34-2)25(30-26(32)18-6-11-21(28)12-7-18)31-27(33)19-8-13-22(29)14-9-19/h6-15,17,25H,3-5,16H2,1-2H3,(H,30,32)(H,31,33). The summed E-state index contributed by atoms with van der Waals surface area (Å²) in [4.78, 5) is 25.7. The van der Waals surface area contributed by atoms with Gasteiger partial charge in [-0.05, 0) is 72.6 Å². The van der Waals surface area contributed by atoms with E-state index in [0.717, 1.165) is 19.3 Å². The van der Waals surface area contributed by atoms with E-state index in [1.807, 2.05) is 0 Å². The van der Waals surface area contributed by atoms with Gasteiger partial charge in [-0.3, -0.25) is 9.59 Å². The van der Waals surface area contributed by atoms with Gasteiger partial charge in [0.2, 0.25) is 0 Å². The molecule has 0 atom stereocenters. The average Bonchev–Trinajstić information content (AvgIpc) is 2.86. The maximum Gasteiger partial charge on any atom is 0.253 e. The van der Waals surface area contributed by atoms with E-state index < -0.39 is 29.6 Å². The second-order valence-electron chi connectivity index (χ2n) is 7.86. The minimum Gasteiger partial charge on any atom is -0.493 e.